The molecule has 0 N–H and O–H groups in total. The Kier molecular flexibility index (Phi) is 6.65. The molecule has 7 aromatic carbocycles. The van der Waals surface area contributed by atoms with E-state index in [1.165, 1.54) is 15.8 Å². The topological polar surface area (TPSA) is 29.3 Å². The van der Waals surface area contributed by atoms with Crippen LogP contribution in [-0.4, -0.2) is 4.98 Å². The van der Waals surface area contributed by atoms with Crippen LogP contribution in [0.5, 0.6) is 0 Å². The van der Waals surface area contributed by atoms with Crippen LogP contribution in [0.4, 0.5) is 17.1 Å². The average Bonchev–Trinajstić information content (AvgIpc) is 3.75. The van der Waals surface area contributed by atoms with Gasteiger partial charge in [-0.3, -0.25) is 0 Å². The number of rotatable bonds is 6. The van der Waals surface area contributed by atoms with Gasteiger partial charge >= 0.3 is 0 Å². The number of thiazole rings is 1. The summed E-state index contributed by atoms with van der Waals surface area (Å²) in [6.45, 7) is 0. The van der Waals surface area contributed by atoms with Crippen molar-refractivity contribution in [3.05, 3.63) is 170 Å². The lowest BCUT2D eigenvalue weighted by atomic mass is 10.00. The van der Waals surface area contributed by atoms with E-state index < -0.39 is 0 Å². The van der Waals surface area contributed by atoms with Crippen molar-refractivity contribution in [2.75, 3.05) is 4.90 Å². The standard InChI is InChI=1S/C43H28N2OS/c1-3-11-29(12-4-1)30-21-25-33(26-22-30)45(32-13-5-2-6-14-32)34-27-23-31(24-28-34)35-15-9-16-36-41-37(17-10-19-39(41)46-42(35)36)43-44-38-18-7-8-20-40(38)47-43/h1-28H. The van der Waals surface area contributed by atoms with E-state index in [9.17, 15) is 0 Å². The SMILES string of the molecule is c1ccc(-c2ccc(N(c3ccccc3)c3ccc(-c4cccc5c4oc4cccc(-c6nc7ccccc7s6)c45)cc3)cc2)cc1. The van der Waals surface area contributed by atoms with Gasteiger partial charge in [-0.15, -0.1) is 11.3 Å². The second-order valence-electron chi connectivity index (χ2n) is 11.6. The summed E-state index contributed by atoms with van der Waals surface area (Å²) < 4.78 is 7.79. The second kappa shape index (κ2) is 11.4. The van der Waals surface area contributed by atoms with Gasteiger partial charge in [-0.05, 0) is 71.3 Å². The maximum absolute atomic E-state index is 6.60. The van der Waals surface area contributed by atoms with E-state index in [2.05, 4.69) is 169 Å². The van der Waals surface area contributed by atoms with Gasteiger partial charge in [0.2, 0.25) is 0 Å². The molecular weight excluding hydrogens is 593 g/mol. The third-order valence-corrected chi connectivity index (χ3v) is 9.80. The number of aromatic nitrogens is 1. The lowest BCUT2D eigenvalue weighted by molar-refractivity contribution is 0.670. The van der Waals surface area contributed by atoms with Crippen LogP contribution < -0.4 is 4.90 Å². The lowest BCUT2D eigenvalue weighted by Crippen LogP contribution is -2.09. The van der Waals surface area contributed by atoms with E-state index in [4.69, 9.17) is 9.40 Å². The number of furan rings is 1. The molecule has 0 aliphatic carbocycles. The van der Waals surface area contributed by atoms with Gasteiger partial charge < -0.3 is 9.32 Å². The van der Waals surface area contributed by atoms with Gasteiger partial charge in [-0.2, -0.15) is 0 Å². The van der Waals surface area contributed by atoms with Gasteiger partial charge in [-0.25, -0.2) is 4.98 Å². The molecule has 2 heterocycles. The van der Waals surface area contributed by atoms with Gasteiger partial charge in [0.15, 0.2) is 0 Å². The molecule has 0 aliphatic rings. The highest BCUT2D eigenvalue weighted by Gasteiger charge is 2.19. The van der Waals surface area contributed by atoms with E-state index >= 15 is 0 Å². The Morgan fingerprint density at radius 2 is 1.06 bits per heavy atom. The van der Waals surface area contributed by atoms with Crippen molar-refractivity contribution >= 4 is 60.6 Å². The zero-order valence-corrected chi connectivity index (χ0v) is 26.2. The quantitative estimate of drug-likeness (QED) is 0.185. The van der Waals surface area contributed by atoms with Crippen LogP contribution in [0, 0.1) is 0 Å². The predicted molar refractivity (Wildman–Crippen MR) is 198 cm³/mol. The summed E-state index contributed by atoms with van der Waals surface area (Å²) in [6, 6.07) is 59.6. The Morgan fingerprint density at radius 3 is 1.81 bits per heavy atom. The number of nitrogens with zero attached hydrogens (tertiary/aromatic N) is 2. The summed E-state index contributed by atoms with van der Waals surface area (Å²) in [7, 11) is 0. The number of benzene rings is 7. The summed E-state index contributed by atoms with van der Waals surface area (Å²) in [4.78, 5) is 7.26. The molecule has 0 saturated carbocycles. The van der Waals surface area contributed by atoms with Crippen molar-refractivity contribution in [1.82, 2.24) is 4.98 Å². The summed E-state index contributed by atoms with van der Waals surface area (Å²) in [6.07, 6.45) is 0. The minimum absolute atomic E-state index is 0.870. The highest BCUT2D eigenvalue weighted by Crippen LogP contribution is 2.43. The van der Waals surface area contributed by atoms with Crippen molar-refractivity contribution in [2.45, 2.75) is 0 Å². The maximum atomic E-state index is 6.60. The van der Waals surface area contributed by atoms with Crippen LogP contribution in [0.3, 0.4) is 0 Å². The number of hydrogen-bond acceptors (Lipinski definition) is 4. The highest BCUT2D eigenvalue weighted by molar-refractivity contribution is 7.21. The molecule has 4 heteroatoms. The van der Waals surface area contributed by atoms with Gasteiger partial charge in [0.1, 0.15) is 16.2 Å². The third-order valence-electron chi connectivity index (χ3n) is 8.73. The lowest BCUT2D eigenvalue weighted by Gasteiger charge is -2.26. The third kappa shape index (κ3) is 4.87. The zero-order chi connectivity index (χ0) is 31.2. The summed E-state index contributed by atoms with van der Waals surface area (Å²) >= 11 is 1.72. The molecular formula is C43H28N2OS. The van der Waals surface area contributed by atoms with Crippen LogP contribution in [0.15, 0.2) is 174 Å². The molecule has 0 saturated heterocycles. The van der Waals surface area contributed by atoms with E-state index in [0.29, 0.717) is 0 Å². The fraction of sp³-hybridized carbons (Fsp3) is 0. The Labute approximate surface area is 276 Å². The Balaban J connectivity index is 1.11. The van der Waals surface area contributed by atoms with Crippen LogP contribution in [0.25, 0.3) is 65.0 Å². The van der Waals surface area contributed by atoms with Gasteiger partial charge in [0.05, 0.1) is 10.2 Å². The van der Waals surface area contributed by atoms with Crippen LogP contribution in [-0.2, 0) is 0 Å². The fourth-order valence-electron chi connectivity index (χ4n) is 6.49. The van der Waals surface area contributed by atoms with Crippen molar-refractivity contribution in [3.8, 4) is 32.8 Å². The molecule has 0 radical (unpaired) electrons. The fourth-order valence-corrected chi connectivity index (χ4v) is 7.49. The normalized spacial score (nSPS) is 11.4. The van der Waals surface area contributed by atoms with E-state index in [0.717, 1.165) is 66.2 Å². The molecule has 47 heavy (non-hydrogen) atoms. The molecule has 3 nitrogen and oxygen atoms in total. The summed E-state index contributed by atoms with van der Waals surface area (Å²) in [5, 5.41) is 3.21. The van der Waals surface area contributed by atoms with Crippen molar-refractivity contribution in [2.24, 2.45) is 0 Å². The van der Waals surface area contributed by atoms with E-state index in [1.54, 1.807) is 11.3 Å². The zero-order valence-electron chi connectivity index (χ0n) is 25.4. The Morgan fingerprint density at radius 1 is 0.468 bits per heavy atom. The first kappa shape index (κ1) is 27.3. The molecule has 0 unspecified atom stereocenters. The molecule has 2 aromatic heterocycles. The van der Waals surface area contributed by atoms with Crippen molar-refractivity contribution in [1.29, 1.82) is 0 Å². The molecule has 222 valence electrons. The minimum atomic E-state index is 0.870. The molecule has 0 fully saturated rings. The van der Waals surface area contributed by atoms with E-state index in [-0.39, 0.29) is 0 Å². The smallest absolute Gasteiger partial charge is 0.143 e. The van der Waals surface area contributed by atoms with Crippen LogP contribution in [0.1, 0.15) is 0 Å². The number of fused-ring (bicyclic) bond motifs is 4. The Bertz CT molecular complexity index is 2460. The highest BCUT2D eigenvalue weighted by atomic mass is 32.1. The monoisotopic (exact) mass is 620 g/mol. The van der Waals surface area contributed by atoms with Crippen molar-refractivity contribution in [3.63, 3.8) is 0 Å². The number of para-hydroxylation sites is 3. The summed E-state index contributed by atoms with van der Waals surface area (Å²) in [5.41, 5.74) is 11.8. The van der Waals surface area contributed by atoms with Crippen LogP contribution in [0.2, 0.25) is 0 Å². The molecule has 9 rings (SSSR count). The molecule has 0 aliphatic heterocycles. The number of anilines is 3. The molecule has 0 bridgehead atoms. The minimum Gasteiger partial charge on any atom is -0.455 e. The largest absolute Gasteiger partial charge is 0.455 e. The van der Waals surface area contributed by atoms with Crippen molar-refractivity contribution < 1.29 is 4.42 Å². The first-order valence-electron chi connectivity index (χ1n) is 15.7. The summed E-state index contributed by atoms with van der Waals surface area (Å²) in [5.74, 6) is 0. The second-order valence-corrected chi connectivity index (χ2v) is 12.6. The number of hydrogen-bond donors (Lipinski definition) is 0. The molecule has 0 amide bonds. The van der Waals surface area contributed by atoms with Crippen LogP contribution >= 0.6 is 11.3 Å². The van der Waals surface area contributed by atoms with Gasteiger partial charge in [-0.1, -0.05) is 115 Å². The predicted octanol–water partition coefficient (Wildman–Crippen LogP) is 12.7. The van der Waals surface area contributed by atoms with Gasteiger partial charge in [0.25, 0.3) is 0 Å². The van der Waals surface area contributed by atoms with Gasteiger partial charge in [0, 0.05) is 39.0 Å². The first-order chi connectivity index (χ1) is 23.3. The molecule has 0 atom stereocenters. The van der Waals surface area contributed by atoms with E-state index in [1.807, 2.05) is 6.07 Å². The first-order valence-corrected chi connectivity index (χ1v) is 16.5. The molecule has 0 spiro atoms. The average molecular weight is 621 g/mol. The maximum Gasteiger partial charge on any atom is 0.143 e. The Hall–Kier alpha value is -5.97. The molecule has 9 aromatic rings.